The Morgan fingerprint density at radius 3 is 2.96 bits per heavy atom. The zero-order valence-electron chi connectivity index (χ0n) is 15.4. The molecule has 1 atom stereocenters. The molecule has 0 fully saturated rings. The standard InChI is InChI=1S/C20H18N4O4/c1-13(17-7-9-27-22-17)24(2)20(25)18-10-15(28-23-18)12-26-19-5-3-4-14-11-21-8-6-16(14)19/h3-11,13H,12H2,1-2H3. The molecule has 28 heavy (non-hydrogen) atoms. The van der Waals surface area contributed by atoms with E-state index in [9.17, 15) is 4.79 Å². The lowest BCUT2D eigenvalue weighted by Crippen LogP contribution is -2.30. The molecule has 1 aromatic carbocycles. The maximum atomic E-state index is 12.6. The molecule has 0 saturated heterocycles. The van der Waals surface area contributed by atoms with Gasteiger partial charge in [-0.2, -0.15) is 0 Å². The third-order valence-electron chi connectivity index (χ3n) is 4.58. The first-order valence-electron chi connectivity index (χ1n) is 8.72. The molecular weight excluding hydrogens is 360 g/mol. The van der Waals surface area contributed by atoms with Crippen molar-refractivity contribution in [3.05, 3.63) is 72.2 Å². The molecule has 0 N–H and O–H groups in total. The van der Waals surface area contributed by atoms with Crippen molar-refractivity contribution in [3.8, 4) is 5.75 Å². The largest absolute Gasteiger partial charge is 0.485 e. The zero-order valence-corrected chi connectivity index (χ0v) is 15.4. The van der Waals surface area contributed by atoms with Crippen LogP contribution in [0.25, 0.3) is 10.8 Å². The molecular formula is C20H18N4O4. The van der Waals surface area contributed by atoms with Gasteiger partial charge in [0.2, 0.25) is 0 Å². The highest BCUT2D eigenvalue weighted by Gasteiger charge is 2.23. The molecule has 0 aliphatic rings. The molecule has 0 aliphatic heterocycles. The van der Waals surface area contributed by atoms with Crippen molar-refractivity contribution >= 4 is 16.7 Å². The van der Waals surface area contributed by atoms with Crippen LogP contribution >= 0.6 is 0 Å². The zero-order chi connectivity index (χ0) is 19.5. The molecule has 0 spiro atoms. The van der Waals surface area contributed by atoms with Gasteiger partial charge in [0.1, 0.15) is 24.3 Å². The van der Waals surface area contributed by atoms with Crippen LogP contribution < -0.4 is 4.74 Å². The minimum atomic E-state index is -0.276. The summed E-state index contributed by atoms with van der Waals surface area (Å²) in [4.78, 5) is 18.3. The summed E-state index contributed by atoms with van der Waals surface area (Å²) in [5.74, 6) is 0.889. The number of pyridine rings is 1. The Balaban J connectivity index is 1.45. The molecule has 0 aliphatic carbocycles. The van der Waals surface area contributed by atoms with Gasteiger partial charge in [-0.25, -0.2) is 0 Å². The topological polar surface area (TPSA) is 94.5 Å². The van der Waals surface area contributed by atoms with E-state index in [-0.39, 0.29) is 24.2 Å². The molecule has 3 aromatic heterocycles. The molecule has 8 nitrogen and oxygen atoms in total. The fraction of sp³-hybridized carbons (Fsp3) is 0.200. The third-order valence-corrected chi connectivity index (χ3v) is 4.58. The van der Waals surface area contributed by atoms with E-state index in [0.29, 0.717) is 17.2 Å². The Hall–Kier alpha value is -3.68. The van der Waals surface area contributed by atoms with E-state index in [1.54, 1.807) is 31.6 Å². The Bertz CT molecular complexity index is 1090. The van der Waals surface area contributed by atoms with Crippen molar-refractivity contribution in [3.63, 3.8) is 0 Å². The summed E-state index contributed by atoms with van der Waals surface area (Å²) in [5.41, 5.74) is 0.868. The number of ether oxygens (including phenoxy) is 1. The normalized spacial score (nSPS) is 12.1. The minimum Gasteiger partial charge on any atom is -0.485 e. The number of amides is 1. The van der Waals surface area contributed by atoms with Gasteiger partial charge in [0.05, 0.1) is 6.04 Å². The molecule has 3 heterocycles. The van der Waals surface area contributed by atoms with Crippen LogP contribution in [0.2, 0.25) is 0 Å². The third kappa shape index (κ3) is 3.44. The predicted octanol–water partition coefficient (Wildman–Crippen LogP) is 3.62. The van der Waals surface area contributed by atoms with Gasteiger partial charge in [0.15, 0.2) is 11.5 Å². The van der Waals surface area contributed by atoms with Gasteiger partial charge in [0, 0.05) is 42.3 Å². The number of aromatic nitrogens is 3. The van der Waals surface area contributed by atoms with Crippen molar-refractivity contribution in [2.45, 2.75) is 19.6 Å². The van der Waals surface area contributed by atoms with Crippen LogP contribution in [0.15, 0.2) is 64.1 Å². The van der Waals surface area contributed by atoms with Gasteiger partial charge in [-0.3, -0.25) is 9.78 Å². The first-order chi connectivity index (χ1) is 13.6. The summed E-state index contributed by atoms with van der Waals surface area (Å²) >= 11 is 0. The molecule has 4 aromatic rings. The number of carbonyl (C=O) groups is 1. The van der Waals surface area contributed by atoms with E-state index >= 15 is 0 Å². The van der Waals surface area contributed by atoms with Gasteiger partial charge in [-0.15, -0.1) is 0 Å². The fourth-order valence-electron chi connectivity index (χ4n) is 2.84. The van der Waals surface area contributed by atoms with E-state index in [1.807, 2.05) is 31.2 Å². The number of nitrogens with zero attached hydrogens (tertiary/aromatic N) is 4. The molecule has 142 valence electrons. The molecule has 1 amide bonds. The lowest BCUT2D eigenvalue weighted by molar-refractivity contribution is 0.0727. The Labute approximate surface area is 160 Å². The first-order valence-corrected chi connectivity index (χ1v) is 8.72. The molecule has 1 unspecified atom stereocenters. The molecule has 0 radical (unpaired) electrons. The van der Waals surface area contributed by atoms with Crippen LogP contribution in [0.3, 0.4) is 0 Å². The quantitative estimate of drug-likeness (QED) is 0.506. The van der Waals surface area contributed by atoms with E-state index in [0.717, 1.165) is 10.8 Å². The number of fused-ring (bicyclic) bond motifs is 1. The maximum absolute atomic E-state index is 12.6. The number of hydrogen-bond acceptors (Lipinski definition) is 7. The van der Waals surface area contributed by atoms with Crippen molar-refractivity contribution in [1.29, 1.82) is 0 Å². The summed E-state index contributed by atoms with van der Waals surface area (Å²) in [6.45, 7) is 2.01. The first kappa shape index (κ1) is 17.7. The van der Waals surface area contributed by atoms with E-state index in [4.69, 9.17) is 13.8 Å². The van der Waals surface area contributed by atoms with E-state index in [2.05, 4.69) is 15.3 Å². The van der Waals surface area contributed by atoms with Crippen LogP contribution in [0.4, 0.5) is 0 Å². The predicted molar refractivity (Wildman–Crippen MR) is 99.6 cm³/mol. The highest BCUT2D eigenvalue weighted by atomic mass is 16.5. The average molecular weight is 378 g/mol. The van der Waals surface area contributed by atoms with Gasteiger partial charge in [0.25, 0.3) is 5.91 Å². The van der Waals surface area contributed by atoms with Gasteiger partial charge < -0.3 is 18.7 Å². The highest BCUT2D eigenvalue weighted by Crippen LogP contribution is 2.25. The monoisotopic (exact) mass is 378 g/mol. The van der Waals surface area contributed by atoms with Crippen molar-refractivity contribution in [2.75, 3.05) is 7.05 Å². The van der Waals surface area contributed by atoms with Gasteiger partial charge in [-0.05, 0) is 19.1 Å². The summed E-state index contributed by atoms with van der Waals surface area (Å²) in [7, 11) is 1.68. The maximum Gasteiger partial charge on any atom is 0.276 e. The molecule has 8 heteroatoms. The number of rotatable bonds is 6. The second-order valence-electron chi connectivity index (χ2n) is 6.34. The second kappa shape index (κ2) is 7.51. The molecule has 4 rings (SSSR count). The summed E-state index contributed by atoms with van der Waals surface area (Å²) < 4.78 is 16.0. The number of hydrogen-bond donors (Lipinski definition) is 0. The van der Waals surface area contributed by atoms with E-state index in [1.165, 1.54) is 11.2 Å². The van der Waals surface area contributed by atoms with Crippen LogP contribution in [-0.4, -0.2) is 33.2 Å². The summed E-state index contributed by atoms with van der Waals surface area (Å²) in [6, 6.07) is 10.7. The van der Waals surface area contributed by atoms with Crippen LogP contribution in [-0.2, 0) is 6.61 Å². The van der Waals surface area contributed by atoms with E-state index < -0.39 is 0 Å². The van der Waals surface area contributed by atoms with Crippen LogP contribution in [0, 0.1) is 0 Å². The lowest BCUT2D eigenvalue weighted by Gasteiger charge is -2.21. The summed E-state index contributed by atoms with van der Waals surface area (Å²) in [5, 5.41) is 9.68. The smallest absolute Gasteiger partial charge is 0.276 e. The highest BCUT2D eigenvalue weighted by molar-refractivity contribution is 5.92. The van der Waals surface area contributed by atoms with Gasteiger partial charge >= 0.3 is 0 Å². The van der Waals surface area contributed by atoms with Crippen LogP contribution in [0.1, 0.15) is 34.9 Å². The Morgan fingerprint density at radius 1 is 1.25 bits per heavy atom. The number of carbonyl (C=O) groups excluding carboxylic acids is 1. The van der Waals surface area contributed by atoms with Crippen molar-refractivity contribution in [1.82, 2.24) is 20.2 Å². The minimum absolute atomic E-state index is 0.157. The van der Waals surface area contributed by atoms with Gasteiger partial charge in [-0.1, -0.05) is 22.4 Å². The second-order valence-corrected chi connectivity index (χ2v) is 6.34. The SMILES string of the molecule is CC(c1ccon1)N(C)C(=O)c1cc(COc2cccc3cnccc23)on1. The average Bonchev–Trinajstić information content (AvgIpc) is 3.43. The Kier molecular flexibility index (Phi) is 4.76. The van der Waals surface area contributed by atoms with Crippen molar-refractivity contribution in [2.24, 2.45) is 0 Å². The molecule has 0 saturated carbocycles. The lowest BCUT2D eigenvalue weighted by atomic mass is 10.1. The Morgan fingerprint density at radius 2 is 2.14 bits per heavy atom. The number of benzene rings is 1. The fourth-order valence-corrected chi connectivity index (χ4v) is 2.84. The molecule has 0 bridgehead atoms. The van der Waals surface area contributed by atoms with Crippen LogP contribution in [0.5, 0.6) is 5.75 Å². The van der Waals surface area contributed by atoms with Crippen molar-refractivity contribution < 1.29 is 18.6 Å². The summed E-state index contributed by atoms with van der Waals surface area (Å²) in [6.07, 6.45) is 4.96.